The standard InChI is InChI=1S/C17H23N5O2/c1-13(14-6-4-5-7-16(14)24-3)21-8-10-22(11-9-21)17(23)15-12-20(2)19-18-15/h4-7,12-13H,8-11H2,1-3H3. The topological polar surface area (TPSA) is 63.5 Å². The summed E-state index contributed by atoms with van der Waals surface area (Å²) in [5.74, 6) is 0.857. The number of rotatable bonds is 4. The molecule has 0 N–H and O–H groups in total. The van der Waals surface area contributed by atoms with Crippen LogP contribution in [0, 0.1) is 0 Å². The Kier molecular flexibility index (Phi) is 4.80. The van der Waals surface area contributed by atoms with Crippen molar-refractivity contribution in [2.24, 2.45) is 7.05 Å². The zero-order valence-electron chi connectivity index (χ0n) is 14.3. The number of hydrogen-bond donors (Lipinski definition) is 0. The van der Waals surface area contributed by atoms with Crippen LogP contribution in [0.3, 0.4) is 0 Å². The SMILES string of the molecule is COc1ccccc1C(C)N1CCN(C(=O)c2cn(C)nn2)CC1. The van der Waals surface area contributed by atoms with Gasteiger partial charge >= 0.3 is 0 Å². The lowest BCUT2D eigenvalue weighted by atomic mass is 10.0. The van der Waals surface area contributed by atoms with Crippen molar-refractivity contribution >= 4 is 5.91 Å². The van der Waals surface area contributed by atoms with Gasteiger partial charge in [0.2, 0.25) is 0 Å². The highest BCUT2D eigenvalue weighted by Gasteiger charge is 2.27. The Morgan fingerprint density at radius 2 is 1.92 bits per heavy atom. The number of hydrogen-bond acceptors (Lipinski definition) is 5. The number of ether oxygens (including phenoxy) is 1. The molecule has 1 aliphatic rings. The molecular formula is C17H23N5O2. The van der Waals surface area contributed by atoms with E-state index in [-0.39, 0.29) is 11.9 Å². The Morgan fingerprint density at radius 1 is 1.21 bits per heavy atom. The lowest BCUT2D eigenvalue weighted by Crippen LogP contribution is -2.49. The summed E-state index contributed by atoms with van der Waals surface area (Å²) in [6.45, 7) is 5.21. The molecule has 1 aromatic heterocycles. The summed E-state index contributed by atoms with van der Waals surface area (Å²) >= 11 is 0. The van der Waals surface area contributed by atoms with Crippen LogP contribution in [0.1, 0.15) is 29.0 Å². The van der Waals surface area contributed by atoms with Crippen LogP contribution in [-0.2, 0) is 7.05 Å². The van der Waals surface area contributed by atoms with Crippen molar-refractivity contribution in [1.82, 2.24) is 24.8 Å². The summed E-state index contributed by atoms with van der Waals surface area (Å²) in [5, 5.41) is 7.74. The first kappa shape index (κ1) is 16.4. The monoisotopic (exact) mass is 329 g/mol. The fraction of sp³-hybridized carbons (Fsp3) is 0.471. The second-order valence-corrected chi connectivity index (χ2v) is 6.02. The molecule has 0 spiro atoms. The number of carbonyl (C=O) groups excluding carboxylic acids is 1. The number of piperazine rings is 1. The number of amides is 1. The minimum absolute atomic E-state index is 0.0484. The van der Waals surface area contributed by atoms with E-state index < -0.39 is 0 Å². The van der Waals surface area contributed by atoms with Gasteiger partial charge in [0.15, 0.2) is 5.69 Å². The zero-order valence-corrected chi connectivity index (χ0v) is 14.3. The Bertz CT molecular complexity index is 707. The van der Waals surface area contributed by atoms with E-state index in [0.29, 0.717) is 18.8 Å². The molecule has 0 saturated carbocycles. The molecule has 2 aromatic rings. The highest BCUT2D eigenvalue weighted by Crippen LogP contribution is 2.29. The van der Waals surface area contributed by atoms with E-state index in [1.807, 2.05) is 23.1 Å². The van der Waals surface area contributed by atoms with Gasteiger partial charge in [0.25, 0.3) is 5.91 Å². The molecule has 128 valence electrons. The summed E-state index contributed by atoms with van der Waals surface area (Å²) in [6, 6.07) is 8.34. The zero-order chi connectivity index (χ0) is 17.1. The first-order valence-corrected chi connectivity index (χ1v) is 8.12. The Balaban J connectivity index is 1.63. The van der Waals surface area contributed by atoms with Crippen LogP contribution in [0.25, 0.3) is 0 Å². The molecule has 1 aliphatic heterocycles. The minimum Gasteiger partial charge on any atom is -0.496 e. The Morgan fingerprint density at radius 3 is 2.54 bits per heavy atom. The van der Waals surface area contributed by atoms with E-state index in [4.69, 9.17) is 4.74 Å². The number of para-hydroxylation sites is 1. The molecule has 7 heteroatoms. The quantitative estimate of drug-likeness (QED) is 0.847. The lowest BCUT2D eigenvalue weighted by Gasteiger charge is -2.38. The van der Waals surface area contributed by atoms with Gasteiger partial charge in [-0.15, -0.1) is 5.10 Å². The number of aryl methyl sites for hydroxylation is 1. The van der Waals surface area contributed by atoms with Crippen molar-refractivity contribution in [3.8, 4) is 5.75 Å². The van der Waals surface area contributed by atoms with Gasteiger partial charge in [-0.1, -0.05) is 23.4 Å². The molecule has 2 heterocycles. The summed E-state index contributed by atoms with van der Waals surface area (Å²) in [4.78, 5) is 16.6. The maximum absolute atomic E-state index is 12.4. The summed E-state index contributed by atoms with van der Waals surface area (Å²) in [6.07, 6.45) is 1.66. The molecule has 1 unspecified atom stereocenters. The first-order valence-electron chi connectivity index (χ1n) is 8.12. The highest BCUT2D eigenvalue weighted by atomic mass is 16.5. The van der Waals surface area contributed by atoms with Crippen molar-refractivity contribution in [2.45, 2.75) is 13.0 Å². The molecule has 1 aromatic carbocycles. The van der Waals surface area contributed by atoms with Gasteiger partial charge in [0.05, 0.1) is 13.3 Å². The molecule has 3 rings (SSSR count). The van der Waals surface area contributed by atoms with Crippen molar-refractivity contribution in [1.29, 1.82) is 0 Å². The van der Waals surface area contributed by atoms with E-state index in [0.717, 1.165) is 18.8 Å². The number of methoxy groups -OCH3 is 1. The fourth-order valence-corrected chi connectivity index (χ4v) is 3.13. The summed E-state index contributed by atoms with van der Waals surface area (Å²) in [5.41, 5.74) is 1.58. The molecule has 0 aliphatic carbocycles. The smallest absolute Gasteiger partial charge is 0.276 e. The third-order valence-corrected chi connectivity index (χ3v) is 4.56. The third-order valence-electron chi connectivity index (χ3n) is 4.56. The van der Waals surface area contributed by atoms with Gasteiger partial charge in [-0.05, 0) is 13.0 Å². The Labute approximate surface area is 141 Å². The fourth-order valence-electron chi connectivity index (χ4n) is 3.13. The van der Waals surface area contributed by atoms with E-state index in [2.05, 4.69) is 28.2 Å². The van der Waals surface area contributed by atoms with Crippen LogP contribution in [-0.4, -0.2) is 64.0 Å². The van der Waals surface area contributed by atoms with E-state index in [1.54, 1.807) is 25.0 Å². The average Bonchev–Trinajstić information content (AvgIpc) is 3.07. The van der Waals surface area contributed by atoms with Crippen molar-refractivity contribution in [2.75, 3.05) is 33.3 Å². The predicted octanol–water partition coefficient (Wildman–Crippen LogP) is 1.34. The maximum atomic E-state index is 12.4. The summed E-state index contributed by atoms with van der Waals surface area (Å²) in [7, 11) is 3.46. The minimum atomic E-state index is -0.0484. The van der Waals surface area contributed by atoms with Crippen LogP contribution < -0.4 is 4.74 Å². The van der Waals surface area contributed by atoms with Crippen LogP contribution in [0.2, 0.25) is 0 Å². The number of benzene rings is 1. The van der Waals surface area contributed by atoms with Gasteiger partial charge in [-0.2, -0.15) is 0 Å². The normalized spacial score (nSPS) is 16.9. The van der Waals surface area contributed by atoms with Crippen molar-refractivity contribution in [3.05, 3.63) is 41.7 Å². The number of nitrogens with zero attached hydrogens (tertiary/aromatic N) is 5. The molecular weight excluding hydrogens is 306 g/mol. The molecule has 1 saturated heterocycles. The second kappa shape index (κ2) is 7.00. The Hall–Kier alpha value is -2.41. The predicted molar refractivity (Wildman–Crippen MR) is 89.9 cm³/mol. The van der Waals surface area contributed by atoms with Crippen molar-refractivity contribution < 1.29 is 9.53 Å². The average molecular weight is 329 g/mol. The molecule has 1 amide bonds. The van der Waals surface area contributed by atoms with Gasteiger partial charge in [0, 0.05) is 44.8 Å². The first-order chi connectivity index (χ1) is 11.6. The molecule has 1 fully saturated rings. The van der Waals surface area contributed by atoms with Gasteiger partial charge < -0.3 is 9.64 Å². The van der Waals surface area contributed by atoms with Gasteiger partial charge in [-0.25, -0.2) is 0 Å². The molecule has 7 nitrogen and oxygen atoms in total. The maximum Gasteiger partial charge on any atom is 0.276 e. The molecule has 0 bridgehead atoms. The van der Waals surface area contributed by atoms with E-state index in [9.17, 15) is 4.79 Å². The van der Waals surface area contributed by atoms with Crippen molar-refractivity contribution in [3.63, 3.8) is 0 Å². The number of carbonyl (C=O) groups is 1. The van der Waals surface area contributed by atoms with E-state index in [1.165, 1.54) is 5.56 Å². The largest absolute Gasteiger partial charge is 0.496 e. The third kappa shape index (κ3) is 3.26. The van der Waals surface area contributed by atoms with E-state index >= 15 is 0 Å². The summed E-state index contributed by atoms with van der Waals surface area (Å²) < 4.78 is 7.02. The van der Waals surface area contributed by atoms with Crippen LogP contribution in [0.15, 0.2) is 30.5 Å². The molecule has 1 atom stereocenters. The highest BCUT2D eigenvalue weighted by molar-refractivity contribution is 5.92. The second-order valence-electron chi connectivity index (χ2n) is 6.02. The van der Waals surface area contributed by atoms with Crippen LogP contribution in [0.5, 0.6) is 5.75 Å². The lowest BCUT2D eigenvalue weighted by molar-refractivity contribution is 0.0574. The van der Waals surface area contributed by atoms with Gasteiger partial charge in [-0.3, -0.25) is 14.4 Å². The number of aromatic nitrogens is 3. The van der Waals surface area contributed by atoms with Crippen LogP contribution >= 0.6 is 0 Å². The van der Waals surface area contributed by atoms with Gasteiger partial charge in [0.1, 0.15) is 5.75 Å². The molecule has 0 radical (unpaired) electrons. The molecule has 24 heavy (non-hydrogen) atoms. The van der Waals surface area contributed by atoms with Crippen LogP contribution in [0.4, 0.5) is 0 Å².